The SMILES string of the molecule is CCOC(=O)c1ccc(C)c(S(=O)(=O)N2CCC(NCC3CC3)CC2)c1. The first-order valence-corrected chi connectivity index (χ1v) is 10.9. The summed E-state index contributed by atoms with van der Waals surface area (Å²) in [6, 6.07) is 5.12. The number of nitrogens with one attached hydrogen (secondary N) is 1. The number of sulfonamides is 1. The van der Waals surface area contributed by atoms with Gasteiger partial charge in [-0.2, -0.15) is 4.31 Å². The van der Waals surface area contributed by atoms with Crippen LogP contribution in [0.25, 0.3) is 0 Å². The maximum atomic E-state index is 13.1. The maximum Gasteiger partial charge on any atom is 0.338 e. The van der Waals surface area contributed by atoms with Gasteiger partial charge in [-0.1, -0.05) is 6.07 Å². The summed E-state index contributed by atoms with van der Waals surface area (Å²) in [5.41, 5.74) is 0.920. The number of nitrogens with zero attached hydrogens (tertiary/aromatic N) is 1. The lowest BCUT2D eigenvalue weighted by Crippen LogP contribution is -2.45. The fourth-order valence-electron chi connectivity index (χ4n) is 3.31. The molecular weight excluding hydrogens is 352 g/mol. The van der Waals surface area contributed by atoms with Crippen molar-refractivity contribution in [3.8, 4) is 0 Å². The van der Waals surface area contributed by atoms with E-state index in [-0.39, 0.29) is 17.1 Å². The number of ether oxygens (including phenoxy) is 1. The molecule has 0 unspecified atom stereocenters. The van der Waals surface area contributed by atoms with Gasteiger partial charge in [0.1, 0.15) is 0 Å². The van der Waals surface area contributed by atoms with Crippen molar-refractivity contribution in [1.82, 2.24) is 9.62 Å². The summed E-state index contributed by atoms with van der Waals surface area (Å²) in [5.74, 6) is 0.331. The van der Waals surface area contributed by atoms with Crippen molar-refractivity contribution >= 4 is 16.0 Å². The Balaban J connectivity index is 1.69. The zero-order valence-electron chi connectivity index (χ0n) is 15.5. The lowest BCUT2D eigenvalue weighted by molar-refractivity contribution is 0.0526. The number of carbonyl (C=O) groups excluding carboxylic acids is 1. The second-order valence-corrected chi connectivity index (χ2v) is 9.14. The van der Waals surface area contributed by atoms with E-state index in [0.29, 0.717) is 24.7 Å². The van der Waals surface area contributed by atoms with E-state index in [1.54, 1.807) is 30.3 Å². The van der Waals surface area contributed by atoms with Gasteiger partial charge in [-0.05, 0) is 69.7 Å². The van der Waals surface area contributed by atoms with Crippen LogP contribution < -0.4 is 5.32 Å². The van der Waals surface area contributed by atoms with E-state index in [2.05, 4.69) is 5.32 Å². The van der Waals surface area contributed by atoms with Gasteiger partial charge >= 0.3 is 5.97 Å². The molecule has 1 aliphatic heterocycles. The Kier molecular flexibility index (Phi) is 5.99. The van der Waals surface area contributed by atoms with Gasteiger partial charge < -0.3 is 10.1 Å². The largest absolute Gasteiger partial charge is 0.462 e. The standard InChI is InChI=1S/C19H28N2O4S/c1-3-25-19(22)16-7-4-14(2)18(12-16)26(23,24)21-10-8-17(9-11-21)20-13-15-5-6-15/h4,7,12,15,17,20H,3,5-6,8-11,13H2,1-2H3. The van der Waals surface area contributed by atoms with Crippen LogP contribution in [0.3, 0.4) is 0 Å². The highest BCUT2D eigenvalue weighted by Gasteiger charge is 2.31. The lowest BCUT2D eigenvalue weighted by atomic mass is 10.1. The summed E-state index contributed by atoms with van der Waals surface area (Å²) in [6.07, 6.45) is 4.28. The van der Waals surface area contributed by atoms with Gasteiger partial charge in [0.05, 0.1) is 17.1 Å². The molecular formula is C19H28N2O4S. The normalized spacial score (nSPS) is 19.5. The number of benzene rings is 1. The van der Waals surface area contributed by atoms with Crippen molar-refractivity contribution in [2.45, 2.75) is 50.5 Å². The van der Waals surface area contributed by atoms with Crippen molar-refractivity contribution in [2.75, 3.05) is 26.2 Å². The van der Waals surface area contributed by atoms with E-state index < -0.39 is 16.0 Å². The average Bonchev–Trinajstić information content (AvgIpc) is 3.45. The van der Waals surface area contributed by atoms with Gasteiger partial charge in [0.2, 0.25) is 10.0 Å². The number of aryl methyl sites for hydroxylation is 1. The predicted molar refractivity (Wildman–Crippen MR) is 99.6 cm³/mol. The van der Waals surface area contributed by atoms with Crippen LogP contribution in [0.1, 0.15) is 48.5 Å². The maximum absolute atomic E-state index is 13.1. The molecule has 6 nitrogen and oxygen atoms in total. The molecule has 3 rings (SSSR count). The zero-order chi connectivity index (χ0) is 18.7. The Hall–Kier alpha value is -1.44. The van der Waals surface area contributed by atoms with E-state index in [9.17, 15) is 13.2 Å². The van der Waals surface area contributed by atoms with Crippen molar-refractivity contribution < 1.29 is 17.9 Å². The monoisotopic (exact) mass is 380 g/mol. The topological polar surface area (TPSA) is 75.7 Å². The van der Waals surface area contributed by atoms with Crippen LogP contribution >= 0.6 is 0 Å². The molecule has 1 aromatic rings. The zero-order valence-corrected chi connectivity index (χ0v) is 16.3. The molecule has 0 radical (unpaired) electrons. The molecule has 2 aliphatic rings. The number of rotatable bonds is 7. The molecule has 26 heavy (non-hydrogen) atoms. The molecule has 2 fully saturated rings. The molecule has 1 heterocycles. The second kappa shape index (κ2) is 8.06. The third kappa shape index (κ3) is 4.45. The van der Waals surface area contributed by atoms with Gasteiger partial charge in [0, 0.05) is 19.1 Å². The van der Waals surface area contributed by atoms with Gasteiger partial charge in [0.15, 0.2) is 0 Å². The molecule has 0 aromatic heterocycles. The summed E-state index contributed by atoms with van der Waals surface area (Å²) < 4.78 is 32.7. The van der Waals surface area contributed by atoms with E-state index >= 15 is 0 Å². The minimum atomic E-state index is -3.61. The molecule has 0 amide bonds. The summed E-state index contributed by atoms with van der Waals surface area (Å²) in [7, 11) is -3.61. The molecule has 1 saturated heterocycles. The van der Waals surface area contributed by atoms with Crippen molar-refractivity contribution in [3.63, 3.8) is 0 Å². The van der Waals surface area contributed by atoms with Crippen LogP contribution in [0.15, 0.2) is 23.1 Å². The Morgan fingerprint density at radius 1 is 1.23 bits per heavy atom. The molecule has 1 aliphatic carbocycles. The van der Waals surface area contributed by atoms with Crippen LogP contribution in [0, 0.1) is 12.8 Å². The Morgan fingerprint density at radius 2 is 1.92 bits per heavy atom. The first-order chi connectivity index (χ1) is 12.4. The van der Waals surface area contributed by atoms with Gasteiger partial charge in [-0.15, -0.1) is 0 Å². The van der Waals surface area contributed by atoms with Crippen LogP contribution in [0.5, 0.6) is 0 Å². The molecule has 0 spiro atoms. The highest BCUT2D eigenvalue weighted by Crippen LogP contribution is 2.29. The fraction of sp³-hybridized carbons (Fsp3) is 0.632. The molecule has 1 aromatic carbocycles. The fourth-order valence-corrected chi connectivity index (χ4v) is 5.03. The number of hydrogen-bond donors (Lipinski definition) is 1. The summed E-state index contributed by atoms with van der Waals surface area (Å²) >= 11 is 0. The quantitative estimate of drug-likeness (QED) is 0.735. The second-order valence-electron chi connectivity index (χ2n) is 7.23. The van der Waals surface area contributed by atoms with Crippen LogP contribution in [-0.2, 0) is 14.8 Å². The number of esters is 1. The molecule has 1 N–H and O–H groups in total. The number of carbonyl (C=O) groups is 1. The Bertz CT molecular complexity index is 751. The van der Waals surface area contributed by atoms with Crippen molar-refractivity contribution in [1.29, 1.82) is 0 Å². The van der Waals surface area contributed by atoms with Crippen LogP contribution in [0.4, 0.5) is 0 Å². The van der Waals surface area contributed by atoms with E-state index in [1.165, 1.54) is 18.9 Å². The predicted octanol–water partition coefficient (Wildman–Crippen LogP) is 2.32. The molecule has 1 saturated carbocycles. The van der Waals surface area contributed by atoms with E-state index in [0.717, 1.165) is 25.3 Å². The Labute approximate surface area is 156 Å². The molecule has 0 atom stereocenters. The van der Waals surface area contributed by atoms with Gasteiger partial charge in [-0.3, -0.25) is 0 Å². The summed E-state index contributed by atoms with van der Waals surface area (Å²) in [5, 5.41) is 3.56. The lowest BCUT2D eigenvalue weighted by Gasteiger charge is -2.32. The number of piperidine rings is 1. The van der Waals surface area contributed by atoms with Crippen LogP contribution in [0.2, 0.25) is 0 Å². The molecule has 0 bridgehead atoms. The van der Waals surface area contributed by atoms with Crippen molar-refractivity contribution in [2.24, 2.45) is 5.92 Å². The van der Waals surface area contributed by atoms with Crippen LogP contribution in [-0.4, -0.2) is 51.0 Å². The third-order valence-corrected chi connectivity index (χ3v) is 7.20. The van der Waals surface area contributed by atoms with Crippen molar-refractivity contribution in [3.05, 3.63) is 29.3 Å². The minimum Gasteiger partial charge on any atom is -0.462 e. The first-order valence-electron chi connectivity index (χ1n) is 9.43. The van der Waals surface area contributed by atoms with E-state index in [4.69, 9.17) is 4.74 Å². The molecule has 144 valence electrons. The number of hydrogen-bond acceptors (Lipinski definition) is 5. The van der Waals surface area contributed by atoms with E-state index in [1.807, 2.05) is 0 Å². The smallest absolute Gasteiger partial charge is 0.338 e. The van der Waals surface area contributed by atoms with Gasteiger partial charge in [-0.25, -0.2) is 13.2 Å². The Morgan fingerprint density at radius 3 is 2.54 bits per heavy atom. The minimum absolute atomic E-state index is 0.201. The summed E-state index contributed by atoms with van der Waals surface area (Å²) in [6.45, 7) is 5.81. The summed E-state index contributed by atoms with van der Waals surface area (Å²) in [4.78, 5) is 12.1. The highest BCUT2D eigenvalue weighted by atomic mass is 32.2. The highest BCUT2D eigenvalue weighted by molar-refractivity contribution is 7.89. The first kappa shape index (κ1) is 19.3. The third-order valence-electron chi connectivity index (χ3n) is 5.16. The average molecular weight is 381 g/mol. The molecule has 7 heteroatoms. The van der Waals surface area contributed by atoms with Gasteiger partial charge in [0.25, 0.3) is 0 Å².